The van der Waals surface area contributed by atoms with Crippen LogP contribution >= 0.6 is 39.1 Å². The number of nitrogens with one attached hydrogen (secondary N) is 1. The van der Waals surface area contributed by atoms with Crippen molar-refractivity contribution < 1.29 is 13.2 Å². The normalized spacial score (nSPS) is 11.6. The number of hydrazone groups is 1. The van der Waals surface area contributed by atoms with Gasteiger partial charge in [0.1, 0.15) is 6.54 Å². The Labute approximate surface area is 246 Å². The highest BCUT2D eigenvalue weighted by molar-refractivity contribution is 9.10. The van der Waals surface area contributed by atoms with E-state index in [4.69, 9.17) is 23.2 Å². The summed E-state index contributed by atoms with van der Waals surface area (Å²) in [4.78, 5) is 13.0. The topological polar surface area (TPSA) is 83.8 Å². The van der Waals surface area contributed by atoms with Gasteiger partial charge in [-0.1, -0.05) is 62.9 Å². The Hall–Kier alpha value is -3.11. The van der Waals surface area contributed by atoms with Crippen LogP contribution < -0.4 is 9.73 Å². The van der Waals surface area contributed by atoms with Gasteiger partial charge in [0.05, 0.1) is 32.5 Å². The summed E-state index contributed by atoms with van der Waals surface area (Å²) < 4.78 is 30.8. The van der Waals surface area contributed by atoms with Crippen LogP contribution in [0.2, 0.25) is 10.0 Å². The molecule has 4 rings (SSSR count). The molecule has 1 N–H and O–H groups in total. The van der Waals surface area contributed by atoms with Crippen LogP contribution in [0, 0.1) is 20.8 Å². The number of carbonyl (C=O) groups excluding carboxylic acids is 1. The molecule has 0 saturated carbocycles. The third-order valence-electron chi connectivity index (χ3n) is 6.05. The molecule has 0 bridgehead atoms. The first-order valence-electron chi connectivity index (χ1n) is 11.8. The smallest absolute Gasteiger partial charge is 0.264 e. The molecule has 7 nitrogen and oxygen atoms in total. The summed E-state index contributed by atoms with van der Waals surface area (Å²) >= 11 is 16.0. The van der Waals surface area contributed by atoms with E-state index >= 15 is 0 Å². The lowest BCUT2D eigenvalue weighted by molar-refractivity contribution is -0.119. The highest BCUT2D eigenvalue weighted by atomic mass is 79.9. The maximum atomic E-state index is 13.5. The van der Waals surface area contributed by atoms with E-state index in [1.807, 2.05) is 43.5 Å². The third-order valence-corrected chi connectivity index (χ3v) is 9.17. The van der Waals surface area contributed by atoms with Crippen LogP contribution in [0.3, 0.4) is 0 Å². The fraction of sp³-hybridized carbons (Fsp3) is 0.143. The maximum absolute atomic E-state index is 13.5. The van der Waals surface area contributed by atoms with Gasteiger partial charge in [-0.05, 0) is 75.4 Å². The van der Waals surface area contributed by atoms with Gasteiger partial charge in [0, 0.05) is 21.4 Å². The lowest BCUT2D eigenvalue weighted by Gasteiger charge is -2.23. The molecule has 202 valence electrons. The van der Waals surface area contributed by atoms with Crippen LogP contribution in [0.25, 0.3) is 5.69 Å². The fourth-order valence-corrected chi connectivity index (χ4v) is 6.12. The van der Waals surface area contributed by atoms with Gasteiger partial charge in [-0.3, -0.25) is 9.10 Å². The molecule has 4 aromatic rings. The number of carbonyl (C=O) groups is 1. The highest BCUT2D eigenvalue weighted by Crippen LogP contribution is 2.31. The number of aromatic nitrogens is 1. The first kappa shape index (κ1) is 28.9. The molecular weight excluding hydrogens is 623 g/mol. The number of aryl methyl sites for hydroxylation is 2. The van der Waals surface area contributed by atoms with Gasteiger partial charge in [0.25, 0.3) is 15.9 Å². The van der Waals surface area contributed by atoms with Crippen LogP contribution in [0.1, 0.15) is 22.5 Å². The summed E-state index contributed by atoms with van der Waals surface area (Å²) in [6.45, 7) is 5.23. The largest absolute Gasteiger partial charge is 0.316 e. The van der Waals surface area contributed by atoms with Crippen molar-refractivity contribution in [1.29, 1.82) is 0 Å². The van der Waals surface area contributed by atoms with Crippen molar-refractivity contribution in [1.82, 2.24) is 9.99 Å². The first-order chi connectivity index (χ1) is 18.5. The molecule has 0 aliphatic heterocycles. The summed E-state index contributed by atoms with van der Waals surface area (Å²) in [5.74, 6) is -0.600. The Balaban J connectivity index is 1.56. The molecule has 11 heteroatoms. The molecule has 0 atom stereocenters. The minimum atomic E-state index is -4.02. The highest BCUT2D eigenvalue weighted by Gasteiger charge is 2.27. The first-order valence-corrected chi connectivity index (χ1v) is 14.8. The Morgan fingerprint density at radius 3 is 2.36 bits per heavy atom. The van der Waals surface area contributed by atoms with E-state index < -0.39 is 22.5 Å². The molecule has 0 unspecified atom stereocenters. The number of rotatable bonds is 8. The van der Waals surface area contributed by atoms with Gasteiger partial charge in [-0.15, -0.1) is 0 Å². The van der Waals surface area contributed by atoms with Crippen LogP contribution in [0.4, 0.5) is 5.69 Å². The zero-order valence-corrected chi connectivity index (χ0v) is 25.2. The van der Waals surface area contributed by atoms with Crippen LogP contribution in [-0.4, -0.2) is 31.7 Å². The van der Waals surface area contributed by atoms with E-state index in [-0.39, 0.29) is 4.90 Å². The van der Waals surface area contributed by atoms with E-state index in [0.29, 0.717) is 15.7 Å². The molecule has 0 saturated heterocycles. The zero-order chi connectivity index (χ0) is 28.3. The molecule has 0 radical (unpaired) electrons. The molecule has 39 heavy (non-hydrogen) atoms. The molecular formula is C28H25BrCl2N4O3S. The SMILES string of the molecule is Cc1ccc(S(=O)(=O)N(CC(=O)N/N=C\c2cc(C)n(-c3cccc(Cl)c3Cl)c2C)c2ccc(Br)cc2)cc1. The van der Waals surface area contributed by atoms with Crippen molar-refractivity contribution in [2.24, 2.45) is 5.10 Å². The maximum Gasteiger partial charge on any atom is 0.264 e. The number of anilines is 1. The Kier molecular flexibility index (Phi) is 8.86. The van der Waals surface area contributed by atoms with Gasteiger partial charge >= 0.3 is 0 Å². The minimum absolute atomic E-state index is 0.0828. The number of benzene rings is 3. The molecule has 0 fully saturated rings. The predicted octanol–water partition coefficient (Wildman–Crippen LogP) is 6.82. The zero-order valence-electron chi connectivity index (χ0n) is 21.3. The second-order valence-corrected chi connectivity index (χ2v) is 12.4. The summed E-state index contributed by atoms with van der Waals surface area (Å²) in [5, 5.41) is 4.97. The number of nitrogens with zero attached hydrogens (tertiary/aromatic N) is 3. The lowest BCUT2D eigenvalue weighted by atomic mass is 10.2. The van der Waals surface area contributed by atoms with Crippen LogP contribution in [-0.2, 0) is 14.8 Å². The second kappa shape index (κ2) is 12.0. The average Bonchev–Trinajstić information content (AvgIpc) is 3.17. The summed E-state index contributed by atoms with van der Waals surface area (Å²) in [5.41, 5.74) is 6.94. The van der Waals surface area contributed by atoms with Crippen molar-refractivity contribution >= 4 is 67.0 Å². The number of halogens is 3. The fourth-order valence-electron chi connectivity index (χ4n) is 4.05. The molecule has 0 spiro atoms. The third kappa shape index (κ3) is 6.38. The Morgan fingerprint density at radius 1 is 1.03 bits per heavy atom. The van der Waals surface area contributed by atoms with Gasteiger partial charge in [-0.25, -0.2) is 13.8 Å². The molecule has 1 aromatic heterocycles. The number of amides is 1. The quantitative estimate of drug-likeness (QED) is 0.168. The van der Waals surface area contributed by atoms with E-state index in [2.05, 4.69) is 26.5 Å². The van der Waals surface area contributed by atoms with Gasteiger partial charge < -0.3 is 4.57 Å². The monoisotopic (exact) mass is 646 g/mol. The van der Waals surface area contributed by atoms with Gasteiger partial charge in [0.2, 0.25) is 0 Å². The summed E-state index contributed by atoms with van der Waals surface area (Å²) in [6, 6.07) is 20.5. The Morgan fingerprint density at radius 2 is 1.69 bits per heavy atom. The molecule has 1 heterocycles. The van der Waals surface area contributed by atoms with Crippen LogP contribution in [0.15, 0.2) is 87.3 Å². The Bertz CT molecular complexity index is 1650. The van der Waals surface area contributed by atoms with Crippen molar-refractivity contribution in [3.05, 3.63) is 110 Å². The van der Waals surface area contributed by atoms with Crippen molar-refractivity contribution in [3.8, 4) is 5.69 Å². The van der Waals surface area contributed by atoms with Gasteiger partial charge in [0.15, 0.2) is 0 Å². The summed E-state index contributed by atoms with van der Waals surface area (Å²) in [6.07, 6.45) is 1.51. The predicted molar refractivity (Wildman–Crippen MR) is 161 cm³/mol. The minimum Gasteiger partial charge on any atom is -0.316 e. The lowest BCUT2D eigenvalue weighted by Crippen LogP contribution is -2.39. The van der Waals surface area contributed by atoms with Crippen molar-refractivity contribution in [3.63, 3.8) is 0 Å². The standard InChI is InChI=1S/C28H25BrCl2N4O3S/c1-18-7-13-24(14-8-18)39(37,38)34(23-11-9-22(29)10-12-23)17-27(36)33-32-16-21-15-19(2)35(20(21)3)26-6-4-5-25(30)28(26)31/h4-16H,17H2,1-3H3,(H,33,36)/b32-16-. The number of hydrogen-bond acceptors (Lipinski definition) is 4. The van der Waals surface area contributed by atoms with Crippen LogP contribution in [0.5, 0.6) is 0 Å². The van der Waals surface area contributed by atoms with E-state index in [9.17, 15) is 13.2 Å². The van der Waals surface area contributed by atoms with Crippen molar-refractivity contribution in [2.75, 3.05) is 10.8 Å². The molecule has 3 aromatic carbocycles. The van der Waals surface area contributed by atoms with Gasteiger partial charge in [-0.2, -0.15) is 5.10 Å². The van der Waals surface area contributed by atoms with E-state index in [1.54, 1.807) is 42.5 Å². The summed E-state index contributed by atoms with van der Waals surface area (Å²) in [7, 11) is -4.02. The second-order valence-electron chi connectivity index (χ2n) is 8.83. The van der Waals surface area contributed by atoms with Crippen molar-refractivity contribution in [2.45, 2.75) is 25.7 Å². The molecule has 0 aliphatic rings. The van der Waals surface area contributed by atoms with E-state index in [0.717, 1.165) is 37.0 Å². The van der Waals surface area contributed by atoms with E-state index in [1.165, 1.54) is 18.3 Å². The average molecular weight is 648 g/mol. The number of sulfonamides is 1. The number of hydrogen-bond donors (Lipinski definition) is 1. The molecule has 1 amide bonds. The molecule has 0 aliphatic carbocycles.